The van der Waals surface area contributed by atoms with E-state index in [0.29, 0.717) is 21.7 Å². The summed E-state index contributed by atoms with van der Waals surface area (Å²) < 4.78 is 0. The lowest BCUT2D eigenvalue weighted by molar-refractivity contribution is -0.117. The van der Waals surface area contributed by atoms with Gasteiger partial charge in [-0.2, -0.15) is 0 Å². The summed E-state index contributed by atoms with van der Waals surface area (Å²) in [6.07, 6.45) is 11.9. The fourth-order valence-corrected chi connectivity index (χ4v) is 4.10. The summed E-state index contributed by atoms with van der Waals surface area (Å²) in [6, 6.07) is 0. The van der Waals surface area contributed by atoms with Gasteiger partial charge in [0.05, 0.1) is 5.60 Å². The highest BCUT2D eigenvalue weighted by Gasteiger charge is 2.47. The maximum atomic E-state index is 9.75. The zero-order valence-electron chi connectivity index (χ0n) is 20.8. The van der Waals surface area contributed by atoms with Crippen molar-refractivity contribution in [1.82, 2.24) is 0 Å². The Bertz CT molecular complexity index is 449. The molecule has 1 N–H and O–H groups in total. The van der Waals surface area contributed by atoms with Gasteiger partial charge in [-0.25, -0.2) is 0 Å². The summed E-state index contributed by atoms with van der Waals surface area (Å²) >= 11 is 0. The lowest BCUT2D eigenvalue weighted by atomic mass is 9.64. The van der Waals surface area contributed by atoms with E-state index in [9.17, 15) is 5.11 Å². The zero-order valence-corrected chi connectivity index (χ0v) is 20.8. The third kappa shape index (κ3) is 6.75. The predicted molar refractivity (Wildman–Crippen MR) is 128 cm³/mol. The summed E-state index contributed by atoms with van der Waals surface area (Å²) in [4.78, 5) is 0. The van der Waals surface area contributed by atoms with Crippen LogP contribution in [0.15, 0.2) is 0 Å². The molecule has 170 valence electrons. The molecule has 3 aliphatic carbocycles. The first-order valence-corrected chi connectivity index (χ1v) is 11.6. The van der Waals surface area contributed by atoms with E-state index in [1.807, 2.05) is 0 Å². The van der Waals surface area contributed by atoms with E-state index in [0.717, 1.165) is 12.8 Å². The van der Waals surface area contributed by atoms with Gasteiger partial charge in [0, 0.05) is 0 Å². The van der Waals surface area contributed by atoms with Crippen molar-refractivity contribution in [3.8, 4) is 0 Å². The maximum Gasteiger partial charge on any atom is 0.0695 e. The molecular formula is C27H56O. The van der Waals surface area contributed by atoms with Gasteiger partial charge in [-0.1, -0.05) is 96.4 Å². The Morgan fingerprint density at radius 1 is 0.500 bits per heavy atom. The molecular weight excluding hydrogens is 340 g/mol. The van der Waals surface area contributed by atoms with Crippen LogP contribution in [-0.2, 0) is 0 Å². The van der Waals surface area contributed by atoms with E-state index >= 15 is 0 Å². The SMILES string of the molecule is C.CC(C)(C)C1(C)CC1.CC(C)(C)C1(C)CCCC1.CC(C)(C)C1(O)CCC1. The van der Waals surface area contributed by atoms with Crippen molar-refractivity contribution >= 4 is 0 Å². The van der Waals surface area contributed by atoms with Crippen LogP contribution in [0.3, 0.4) is 0 Å². The molecule has 0 saturated heterocycles. The Morgan fingerprint density at radius 3 is 0.893 bits per heavy atom. The van der Waals surface area contributed by atoms with Crippen LogP contribution in [0.2, 0.25) is 0 Å². The van der Waals surface area contributed by atoms with E-state index in [-0.39, 0.29) is 18.4 Å². The fraction of sp³-hybridized carbons (Fsp3) is 1.00. The van der Waals surface area contributed by atoms with Gasteiger partial charge in [0.25, 0.3) is 0 Å². The van der Waals surface area contributed by atoms with Gasteiger partial charge in [0.2, 0.25) is 0 Å². The lowest BCUT2D eigenvalue weighted by Gasteiger charge is -2.47. The monoisotopic (exact) mass is 396 g/mol. The smallest absolute Gasteiger partial charge is 0.0695 e. The topological polar surface area (TPSA) is 20.2 Å². The standard InChI is InChI=1S/C10H20.C8H16O.C8H16.CH4/c1-9(2,3)10(4)7-5-6-8-10;1-7(2,3)8(9)5-4-6-8;1-7(2,3)8(4)5-6-8;/h5-8H2,1-4H3;9H,4-6H2,1-3H3;5-6H2,1-4H3;1H4. The van der Waals surface area contributed by atoms with Gasteiger partial charge in [-0.3, -0.25) is 0 Å². The van der Waals surface area contributed by atoms with Gasteiger partial charge in [-0.15, -0.1) is 0 Å². The highest BCUT2D eigenvalue weighted by Crippen LogP contribution is 2.57. The van der Waals surface area contributed by atoms with Crippen molar-refractivity contribution in [2.24, 2.45) is 27.1 Å². The van der Waals surface area contributed by atoms with Crippen molar-refractivity contribution in [1.29, 1.82) is 0 Å². The highest BCUT2D eigenvalue weighted by atomic mass is 16.3. The molecule has 1 nitrogen and oxygen atoms in total. The molecule has 0 atom stereocenters. The molecule has 3 saturated carbocycles. The van der Waals surface area contributed by atoms with Crippen molar-refractivity contribution in [2.45, 2.75) is 147 Å². The minimum absolute atomic E-state index is 0. The number of rotatable bonds is 0. The predicted octanol–water partition coefficient (Wildman–Crippen LogP) is 9.03. The van der Waals surface area contributed by atoms with E-state index in [2.05, 4.69) is 76.2 Å². The van der Waals surface area contributed by atoms with Crippen LogP contribution in [0, 0.1) is 27.1 Å². The Morgan fingerprint density at radius 2 is 0.821 bits per heavy atom. The fourth-order valence-electron chi connectivity index (χ4n) is 4.10. The molecule has 3 aliphatic rings. The Kier molecular flexibility index (Phi) is 8.98. The van der Waals surface area contributed by atoms with Crippen molar-refractivity contribution < 1.29 is 5.11 Å². The lowest BCUT2D eigenvalue weighted by Crippen LogP contribution is -2.48. The second kappa shape index (κ2) is 8.99. The molecule has 0 heterocycles. The molecule has 0 bridgehead atoms. The number of aliphatic hydroxyl groups is 1. The van der Waals surface area contributed by atoms with Crippen LogP contribution < -0.4 is 0 Å². The van der Waals surface area contributed by atoms with Crippen LogP contribution in [0.1, 0.15) is 141 Å². The average molecular weight is 397 g/mol. The Labute approximate surface area is 179 Å². The van der Waals surface area contributed by atoms with Crippen LogP contribution in [-0.4, -0.2) is 10.7 Å². The summed E-state index contributed by atoms with van der Waals surface area (Å²) in [5.74, 6) is 0. The summed E-state index contributed by atoms with van der Waals surface area (Å²) in [5, 5.41) is 9.75. The van der Waals surface area contributed by atoms with Crippen LogP contribution in [0.4, 0.5) is 0 Å². The first-order chi connectivity index (χ1) is 11.9. The molecule has 0 aromatic heterocycles. The van der Waals surface area contributed by atoms with Crippen molar-refractivity contribution in [3.05, 3.63) is 0 Å². The normalized spacial score (nSPS) is 24.4. The van der Waals surface area contributed by atoms with Crippen molar-refractivity contribution in [3.63, 3.8) is 0 Å². The second-order valence-corrected chi connectivity index (χ2v) is 13.5. The Balaban J connectivity index is 0.000000386. The third-order valence-corrected chi connectivity index (χ3v) is 8.91. The van der Waals surface area contributed by atoms with Crippen LogP contribution >= 0.6 is 0 Å². The van der Waals surface area contributed by atoms with Crippen LogP contribution in [0.25, 0.3) is 0 Å². The molecule has 0 aliphatic heterocycles. The van der Waals surface area contributed by atoms with Gasteiger partial charge in [-0.05, 0) is 72.0 Å². The van der Waals surface area contributed by atoms with Gasteiger partial charge in [0.15, 0.2) is 0 Å². The summed E-state index contributed by atoms with van der Waals surface area (Å²) in [7, 11) is 0. The molecule has 0 amide bonds. The molecule has 28 heavy (non-hydrogen) atoms. The van der Waals surface area contributed by atoms with E-state index in [1.165, 1.54) is 44.9 Å². The van der Waals surface area contributed by atoms with Crippen molar-refractivity contribution in [2.75, 3.05) is 0 Å². The van der Waals surface area contributed by atoms with E-state index in [4.69, 9.17) is 0 Å². The first-order valence-electron chi connectivity index (χ1n) is 11.6. The first kappa shape index (κ1) is 28.0. The molecule has 3 fully saturated rings. The number of hydrogen-bond donors (Lipinski definition) is 1. The minimum Gasteiger partial charge on any atom is -0.389 e. The molecule has 0 aromatic carbocycles. The summed E-state index contributed by atoms with van der Waals surface area (Å²) in [5.41, 5.74) is 2.13. The van der Waals surface area contributed by atoms with E-state index < -0.39 is 0 Å². The molecule has 3 rings (SSSR count). The maximum absolute atomic E-state index is 9.75. The minimum atomic E-state index is -0.340. The molecule has 0 unspecified atom stereocenters. The molecule has 1 heteroatoms. The van der Waals surface area contributed by atoms with Gasteiger partial charge >= 0.3 is 0 Å². The quantitative estimate of drug-likeness (QED) is 0.433. The summed E-state index contributed by atoms with van der Waals surface area (Å²) in [6.45, 7) is 25.3. The largest absolute Gasteiger partial charge is 0.389 e. The highest BCUT2D eigenvalue weighted by molar-refractivity contribution is 4.98. The molecule has 0 radical (unpaired) electrons. The third-order valence-electron chi connectivity index (χ3n) is 8.91. The zero-order chi connectivity index (χ0) is 21.4. The average Bonchev–Trinajstić information content (AvgIpc) is 3.03. The number of hydrogen-bond acceptors (Lipinski definition) is 1. The Hall–Kier alpha value is -0.0400. The van der Waals surface area contributed by atoms with E-state index in [1.54, 1.807) is 0 Å². The second-order valence-electron chi connectivity index (χ2n) is 13.5. The van der Waals surface area contributed by atoms with Crippen LogP contribution in [0.5, 0.6) is 0 Å². The molecule has 0 aromatic rings. The molecule has 0 spiro atoms. The van der Waals surface area contributed by atoms with Gasteiger partial charge < -0.3 is 5.11 Å². The van der Waals surface area contributed by atoms with Gasteiger partial charge in [0.1, 0.15) is 0 Å².